The van der Waals surface area contributed by atoms with E-state index in [1.165, 1.54) is 0 Å². The highest BCUT2D eigenvalue weighted by molar-refractivity contribution is 6.31. The summed E-state index contributed by atoms with van der Waals surface area (Å²) in [5.74, 6) is -5.07. The molecule has 0 saturated carbocycles. The van der Waals surface area contributed by atoms with Crippen LogP contribution in [0.1, 0.15) is 42.2 Å². The van der Waals surface area contributed by atoms with Crippen molar-refractivity contribution < 1.29 is 34.8 Å². The average molecular weight is 300 g/mol. The van der Waals surface area contributed by atoms with Gasteiger partial charge in [-0.05, 0) is 24.3 Å². The quantitative estimate of drug-likeness (QED) is 0.497. The number of phenolic OH excluding ortho intramolecular Hbond substituents is 2. The molecule has 7 heteroatoms. The molecule has 7 nitrogen and oxygen atoms in total. The second kappa shape index (κ2) is 4.32. The number of rotatable bonds is 1. The van der Waals surface area contributed by atoms with Crippen molar-refractivity contribution in [1.29, 1.82) is 0 Å². The molecule has 0 amide bonds. The third-order valence-electron chi connectivity index (χ3n) is 3.50. The SMILES string of the molecule is O=C(O)c1ccc2c(c1O)C(=O)c1c(O)ccc(O)c1C2=O. The van der Waals surface area contributed by atoms with Crippen molar-refractivity contribution in [1.82, 2.24) is 0 Å². The molecule has 2 aromatic carbocycles. The van der Waals surface area contributed by atoms with Crippen molar-refractivity contribution in [3.63, 3.8) is 0 Å². The topological polar surface area (TPSA) is 132 Å². The molecular formula is C15H8O7. The highest BCUT2D eigenvalue weighted by Gasteiger charge is 2.37. The Morgan fingerprint density at radius 3 is 1.86 bits per heavy atom. The van der Waals surface area contributed by atoms with E-state index >= 15 is 0 Å². The molecule has 0 heterocycles. The zero-order chi connectivity index (χ0) is 16.2. The summed E-state index contributed by atoms with van der Waals surface area (Å²) in [6, 6.07) is 4.18. The predicted molar refractivity (Wildman–Crippen MR) is 71.7 cm³/mol. The van der Waals surface area contributed by atoms with E-state index in [1.54, 1.807) is 0 Å². The van der Waals surface area contributed by atoms with Crippen LogP contribution in [0.3, 0.4) is 0 Å². The second-order valence-corrected chi connectivity index (χ2v) is 4.70. The molecule has 0 aliphatic heterocycles. The van der Waals surface area contributed by atoms with Gasteiger partial charge in [-0.2, -0.15) is 0 Å². The second-order valence-electron chi connectivity index (χ2n) is 4.70. The van der Waals surface area contributed by atoms with Crippen molar-refractivity contribution >= 4 is 17.5 Å². The summed E-state index contributed by atoms with van der Waals surface area (Å²) in [5.41, 5.74) is -2.11. The van der Waals surface area contributed by atoms with Gasteiger partial charge in [0.1, 0.15) is 22.8 Å². The zero-order valence-electron chi connectivity index (χ0n) is 10.8. The summed E-state index contributed by atoms with van der Waals surface area (Å²) < 4.78 is 0. The highest BCUT2D eigenvalue weighted by Crippen LogP contribution is 2.41. The van der Waals surface area contributed by atoms with Crippen LogP contribution in [0.15, 0.2) is 24.3 Å². The van der Waals surface area contributed by atoms with Crippen molar-refractivity contribution in [3.8, 4) is 17.2 Å². The standard InChI is InChI=1S/C15H8O7/c16-7-3-4-8(17)11-10(7)12(18)5-1-2-6(15(21)22)13(19)9(5)14(11)20/h1-4,16-17,19H,(H,21,22). The number of benzene rings is 2. The number of ketones is 2. The van der Waals surface area contributed by atoms with Crippen molar-refractivity contribution in [2.24, 2.45) is 0 Å². The molecule has 4 N–H and O–H groups in total. The van der Waals surface area contributed by atoms with Crippen molar-refractivity contribution in [3.05, 3.63) is 52.1 Å². The van der Waals surface area contributed by atoms with Gasteiger partial charge >= 0.3 is 5.97 Å². The molecule has 0 radical (unpaired) electrons. The first kappa shape index (κ1) is 13.6. The number of carboxylic acid groups (broad SMARTS) is 1. The van der Waals surface area contributed by atoms with Crippen LogP contribution >= 0.6 is 0 Å². The maximum atomic E-state index is 12.4. The first-order chi connectivity index (χ1) is 10.3. The highest BCUT2D eigenvalue weighted by atomic mass is 16.4. The normalized spacial score (nSPS) is 12.7. The Morgan fingerprint density at radius 1 is 0.773 bits per heavy atom. The van der Waals surface area contributed by atoms with Gasteiger partial charge in [-0.1, -0.05) is 0 Å². The van der Waals surface area contributed by atoms with Gasteiger partial charge in [-0.25, -0.2) is 4.79 Å². The first-order valence-electron chi connectivity index (χ1n) is 6.08. The third-order valence-corrected chi connectivity index (χ3v) is 3.50. The number of hydrogen-bond donors (Lipinski definition) is 4. The number of carboxylic acids is 1. The van der Waals surface area contributed by atoms with Gasteiger partial charge in [-0.3, -0.25) is 9.59 Å². The number of fused-ring (bicyclic) bond motifs is 2. The Labute approximate surface area is 122 Å². The molecular weight excluding hydrogens is 292 g/mol. The molecule has 0 bridgehead atoms. The molecule has 3 rings (SSSR count). The number of hydrogen-bond acceptors (Lipinski definition) is 6. The molecule has 110 valence electrons. The van der Waals surface area contributed by atoms with Gasteiger partial charge in [0.25, 0.3) is 0 Å². The number of aromatic hydroxyl groups is 3. The maximum absolute atomic E-state index is 12.4. The summed E-state index contributed by atoms with van der Waals surface area (Å²) >= 11 is 0. The molecule has 0 aromatic heterocycles. The first-order valence-corrected chi connectivity index (χ1v) is 6.08. The summed E-state index contributed by atoms with van der Waals surface area (Å²) in [4.78, 5) is 35.8. The van der Waals surface area contributed by atoms with Crippen LogP contribution in [0.5, 0.6) is 17.2 Å². The lowest BCUT2D eigenvalue weighted by molar-refractivity contribution is 0.0693. The minimum atomic E-state index is -1.47. The molecule has 1 aliphatic rings. The van der Waals surface area contributed by atoms with Gasteiger partial charge in [-0.15, -0.1) is 0 Å². The predicted octanol–water partition coefficient (Wildman–Crippen LogP) is 1.28. The van der Waals surface area contributed by atoms with Gasteiger partial charge in [0.2, 0.25) is 5.78 Å². The lowest BCUT2D eigenvalue weighted by atomic mass is 9.81. The largest absolute Gasteiger partial charge is 0.507 e. The van der Waals surface area contributed by atoms with Crippen LogP contribution in [0.25, 0.3) is 0 Å². The smallest absolute Gasteiger partial charge is 0.339 e. The van der Waals surface area contributed by atoms with E-state index in [9.17, 15) is 29.7 Å². The van der Waals surface area contributed by atoms with Gasteiger partial charge in [0, 0.05) is 5.56 Å². The molecule has 1 aliphatic carbocycles. The van der Waals surface area contributed by atoms with E-state index in [-0.39, 0.29) is 11.1 Å². The molecule has 0 atom stereocenters. The summed E-state index contributed by atoms with van der Waals surface area (Å²) in [5, 5.41) is 38.5. The fourth-order valence-electron chi connectivity index (χ4n) is 2.48. The van der Waals surface area contributed by atoms with Crippen LogP contribution in [0.4, 0.5) is 0 Å². The molecule has 0 saturated heterocycles. The Balaban J connectivity index is 2.40. The maximum Gasteiger partial charge on any atom is 0.339 e. The van der Waals surface area contributed by atoms with Crippen LogP contribution in [-0.4, -0.2) is 38.0 Å². The Kier molecular flexibility index (Phi) is 2.68. The Bertz CT molecular complexity index is 880. The lowest BCUT2D eigenvalue weighted by Crippen LogP contribution is -2.22. The number of aromatic carboxylic acids is 1. The Morgan fingerprint density at radius 2 is 1.32 bits per heavy atom. The fraction of sp³-hybridized carbons (Fsp3) is 0. The van der Waals surface area contributed by atoms with Gasteiger partial charge in [0.05, 0.1) is 16.7 Å². The summed E-state index contributed by atoms with van der Waals surface area (Å²) in [6.07, 6.45) is 0. The molecule has 0 unspecified atom stereocenters. The fourth-order valence-corrected chi connectivity index (χ4v) is 2.48. The molecule has 0 spiro atoms. The van der Waals surface area contributed by atoms with E-state index in [1.807, 2.05) is 0 Å². The zero-order valence-corrected chi connectivity index (χ0v) is 10.8. The van der Waals surface area contributed by atoms with Crippen molar-refractivity contribution in [2.75, 3.05) is 0 Å². The van der Waals surface area contributed by atoms with E-state index < -0.39 is 51.5 Å². The summed E-state index contributed by atoms with van der Waals surface area (Å²) in [6.45, 7) is 0. The molecule has 2 aromatic rings. The van der Waals surface area contributed by atoms with E-state index in [0.717, 1.165) is 24.3 Å². The van der Waals surface area contributed by atoms with Crippen LogP contribution in [0, 0.1) is 0 Å². The monoisotopic (exact) mass is 300 g/mol. The van der Waals surface area contributed by atoms with E-state index in [4.69, 9.17) is 5.11 Å². The van der Waals surface area contributed by atoms with E-state index in [0.29, 0.717) is 0 Å². The van der Waals surface area contributed by atoms with Gasteiger partial charge < -0.3 is 20.4 Å². The van der Waals surface area contributed by atoms with Gasteiger partial charge in [0.15, 0.2) is 5.78 Å². The minimum absolute atomic E-state index is 0.235. The van der Waals surface area contributed by atoms with Crippen LogP contribution < -0.4 is 0 Å². The van der Waals surface area contributed by atoms with Crippen LogP contribution in [0.2, 0.25) is 0 Å². The summed E-state index contributed by atoms with van der Waals surface area (Å²) in [7, 11) is 0. The van der Waals surface area contributed by atoms with E-state index in [2.05, 4.69) is 0 Å². The number of carbonyl (C=O) groups excluding carboxylic acids is 2. The average Bonchev–Trinajstić information content (AvgIpc) is 2.46. The number of carbonyl (C=O) groups is 3. The molecule has 22 heavy (non-hydrogen) atoms. The number of phenols is 3. The van der Waals surface area contributed by atoms with Crippen molar-refractivity contribution in [2.45, 2.75) is 0 Å². The lowest BCUT2D eigenvalue weighted by Gasteiger charge is -2.20. The molecule has 0 fully saturated rings. The Hall–Kier alpha value is -3.35. The third kappa shape index (κ3) is 1.59. The minimum Gasteiger partial charge on any atom is -0.507 e. The van der Waals surface area contributed by atoms with Crippen LogP contribution in [-0.2, 0) is 0 Å².